The Morgan fingerprint density at radius 3 is 2.59 bits per heavy atom. The van der Waals surface area contributed by atoms with Gasteiger partial charge in [0, 0.05) is 18.2 Å². The van der Waals surface area contributed by atoms with E-state index in [9.17, 15) is 18.0 Å². The van der Waals surface area contributed by atoms with Crippen molar-refractivity contribution < 1.29 is 18.0 Å². The molecule has 7 nitrogen and oxygen atoms in total. The zero-order chi connectivity index (χ0) is 23.7. The van der Waals surface area contributed by atoms with Crippen molar-refractivity contribution in [2.75, 3.05) is 11.1 Å². The monoisotopic (exact) mass is 486 g/mol. The lowest BCUT2D eigenvalue weighted by atomic mass is 10.0. The predicted octanol–water partition coefficient (Wildman–Crippen LogP) is 5.32. The van der Waals surface area contributed by atoms with Crippen molar-refractivity contribution in [3.8, 4) is 5.69 Å². The minimum absolute atomic E-state index is 0.0459. The summed E-state index contributed by atoms with van der Waals surface area (Å²) in [5, 5.41) is 15.7. The maximum atomic E-state index is 13.1. The summed E-state index contributed by atoms with van der Waals surface area (Å²) < 4.78 is 42.2. The molecule has 1 aromatic carbocycles. The van der Waals surface area contributed by atoms with Crippen LogP contribution in [0.25, 0.3) is 11.3 Å². The molecule has 0 atom stereocenters. The zero-order valence-electron chi connectivity index (χ0n) is 18.0. The average molecular weight is 487 g/mol. The number of pyridine rings is 1. The Labute approximate surface area is 197 Å². The van der Waals surface area contributed by atoms with Gasteiger partial charge in [-0.05, 0) is 37.1 Å². The summed E-state index contributed by atoms with van der Waals surface area (Å²) >= 11 is 1.02. The smallest absolute Gasteiger partial charge is 0.310 e. The van der Waals surface area contributed by atoms with Crippen molar-refractivity contribution >= 4 is 29.1 Å². The van der Waals surface area contributed by atoms with Crippen molar-refractivity contribution in [1.82, 2.24) is 24.4 Å². The molecular formula is C23H21F3N6OS. The first kappa shape index (κ1) is 22.5. The van der Waals surface area contributed by atoms with Crippen LogP contribution in [-0.2, 0) is 11.0 Å². The summed E-state index contributed by atoms with van der Waals surface area (Å²) in [5.41, 5.74) is 1.25. The van der Waals surface area contributed by atoms with E-state index in [-0.39, 0.29) is 22.5 Å². The first-order valence-electron chi connectivity index (χ1n) is 10.9. The van der Waals surface area contributed by atoms with E-state index in [1.165, 1.54) is 23.3 Å². The van der Waals surface area contributed by atoms with Crippen molar-refractivity contribution in [2.45, 2.75) is 42.9 Å². The molecule has 1 amide bonds. The Bertz CT molecular complexity index is 1310. The van der Waals surface area contributed by atoms with Crippen molar-refractivity contribution in [2.24, 2.45) is 0 Å². The molecule has 0 saturated heterocycles. The first-order valence-corrected chi connectivity index (χ1v) is 11.9. The Hall–Kier alpha value is -3.34. The number of hydrogen-bond acceptors (Lipinski definition) is 5. The Morgan fingerprint density at radius 1 is 1.09 bits per heavy atom. The third-order valence-corrected chi connectivity index (χ3v) is 6.74. The second-order valence-corrected chi connectivity index (χ2v) is 9.09. The molecular weight excluding hydrogens is 465 g/mol. The van der Waals surface area contributed by atoms with Gasteiger partial charge in [-0.3, -0.25) is 9.20 Å². The molecule has 1 aliphatic carbocycles. The van der Waals surface area contributed by atoms with Crippen LogP contribution in [0.1, 0.15) is 42.9 Å². The highest BCUT2D eigenvalue weighted by atomic mass is 32.2. The van der Waals surface area contributed by atoms with Gasteiger partial charge in [0.25, 0.3) is 0 Å². The number of halogens is 3. The third-order valence-electron chi connectivity index (χ3n) is 5.80. The number of benzene rings is 1. The van der Waals surface area contributed by atoms with Gasteiger partial charge in [-0.1, -0.05) is 42.8 Å². The molecule has 0 unspecified atom stereocenters. The van der Waals surface area contributed by atoms with Crippen LogP contribution in [0.2, 0.25) is 0 Å². The number of hydrogen-bond donors (Lipinski definition) is 1. The highest BCUT2D eigenvalue weighted by Crippen LogP contribution is 2.35. The van der Waals surface area contributed by atoms with Gasteiger partial charge in [-0.25, -0.2) is 4.68 Å². The van der Waals surface area contributed by atoms with Crippen LogP contribution in [0.3, 0.4) is 0 Å². The summed E-state index contributed by atoms with van der Waals surface area (Å²) in [4.78, 5) is 12.8. The standard InChI is InChI=1S/C23H21F3N6OS/c24-23(25,26)16-10-11-19-28-29-22(31(19)13-16)34-14-21(33)27-20-12-18(15-6-4-5-7-15)30-32(20)17-8-2-1-3-9-17/h1-3,8-13,15H,4-7,14H2,(H,27,33). The van der Waals surface area contributed by atoms with E-state index in [2.05, 4.69) is 15.5 Å². The summed E-state index contributed by atoms with van der Waals surface area (Å²) in [7, 11) is 0. The van der Waals surface area contributed by atoms with Gasteiger partial charge in [0.05, 0.1) is 22.7 Å². The SMILES string of the molecule is O=C(CSc1nnc2ccc(C(F)(F)F)cn12)Nc1cc(C2CCCC2)nn1-c1ccccc1. The predicted molar refractivity (Wildman–Crippen MR) is 122 cm³/mol. The molecule has 1 saturated carbocycles. The number of para-hydroxylation sites is 1. The summed E-state index contributed by atoms with van der Waals surface area (Å²) in [6, 6.07) is 13.7. The molecule has 3 aromatic heterocycles. The number of rotatable bonds is 6. The quantitative estimate of drug-likeness (QED) is 0.373. The molecule has 1 N–H and O–H groups in total. The molecule has 1 aliphatic rings. The topological polar surface area (TPSA) is 77.1 Å². The number of carbonyl (C=O) groups is 1. The highest BCUT2D eigenvalue weighted by molar-refractivity contribution is 7.99. The number of carbonyl (C=O) groups excluding carboxylic acids is 1. The van der Waals surface area contributed by atoms with Gasteiger partial charge < -0.3 is 5.32 Å². The van der Waals surface area contributed by atoms with E-state index < -0.39 is 11.7 Å². The van der Waals surface area contributed by atoms with E-state index >= 15 is 0 Å². The average Bonchev–Trinajstić information content (AvgIpc) is 3.57. The van der Waals surface area contributed by atoms with E-state index in [1.807, 2.05) is 36.4 Å². The highest BCUT2D eigenvalue weighted by Gasteiger charge is 2.31. The van der Waals surface area contributed by atoms with Crippen LogP contribution in [0.4, 0.5) is 19.0 Å². The molecule has 34 heavy (non-hydrogen) atoms. The molecule has 3 heterocycles. The fraction of sp³-hybridized carbons (Fsp3) is 0.304. The molecule has 0 spiro atoms. The van der Waals surface area contributed by atoms with Crippen LogP contribution in [0.5, 0.6) is 0 Å². The molecule has 4 aromatic rings. The number of nitrogens with one attached hydrogen (secondary N) is 1. The van der Waals surface area contributed by atoms with Crippen LogP contribution in [0, 0.1) is 0 Å². The van der Waals surface area contributed by atoms with E-state index in [4.69, 9.17) is 5.10 Å². The van der Waals surface area contributed by atoms with Crippen LogP contribution >= 0.6 is 11.8 Å². The number of thioether (sulfide) groups is 1. The lowest BCUT2D eigenvalue weighted by Gasteiger charge is -2.09. The number of aromatic nitrogens is 5. The first-order chi connectivity index (χ1) is 16.4. The summed E-state index contributed by atoms with van der Waals surface area (Å²) in [6.45, 7) is 0. The largest absolute Gasteiger partial charge is 0.417 e. The molecule has 5 rings (SSSR count). The fourth-order valence-corrected chi connectivity index (χ4v) is 4.84. The number of fused-ring (bicyclic) bond motifs is 1. The maximum Gasteiger partial charge on any atom is 0.417 e. The summed E-state index contributed by atoms with van der Waals surface area (Å²) in [5.74, 6) is 0.573. The fourth-order valence-electron chi connectivity index (χ4n) is 4.12. The Balaban J connectivity index is 1.34. The second kappa shape index (κ2) is 9.13. The maximum absolute atomic E-state index is 13.1. The molecule has 0 aliphatic heterocycles. The number of alkyl halides is 3. The van der Waals surface area contributed by atoms with E-state index in [0.29, 0.717) is 11.7 Å². The normalized spacial score (nSPS) is 14.7. The van der Waals surface area contributed by atoms with Gasteiger partial charge in [0.1, 0.15) is 5.82 Å². The van der Waals surface area contributed by atoms with Gasteiger partial charge in [-0.15, -0.1) is 10.2 Å². The molecule has 0 radical (unpaired) electrons. The number of nitrogens with zero attached hydrogens (tertiary/aromatic N) is 5. The van der Waals surface area contributed by atoms with Crippen molar-refractivity contribution in [1.29, 1.82) is 0 Å². The van der Waals surface area contributed by atoms with Gasteiger partial charge in [-0.2, -0.15) is 18.3 Å². The van der Waals surface area contributed by atoms with E-state index in [0.717, 1.165) is 48.2 Å². The van der Waals surface area contributed by atoms with Crippen LogP contribution in [0.15, 0.2) is 59.9 Å². The van der Waals surface area contributed by atoms with Crippen molar-refractivity contribution in [3.63, 3.8) is 0 Å². The minimum atomic E-state index is -4.48. The van der Waals surface area contributed by atoms with Gasteiger partial charge >= 0.3 is 6.18 Å². The Kier molecular flexibility index (Phi) is 6.03. The lowest BCUT2D eigenvalue weighted by molar-refractivity contribution is -0.137. The lowest BCUT2D eigenvalue weighted by Crippen LogP contribution is -2.17. The molecule has 1 fully saturated rings. The third kappa shape index (κ3) is 4.65. The van der Waals surface area contributed by atoms with E-state index in [1.54, 1.807) is 4.68 Å². The van der Waals surface area contributed by atoms with Gasteiger partial charge in [0.15, 0.2) is 10.8 Å². The number of anilines is 1. The Morgan fingerprint density at radius 2 is 1.85 bits per heavy atom. The molecule has 0 bridgehead atoms. The van der Waals surface area contributed by atoms with Crippen molar-refractivity contribution in [3.05, 3.63) is 66.0 Å². The molecule has 11 heteroatoms. The summed E-state index contributed by atoms with van der Waals surface area (Å²) in [6.07, 6.45) is 0.954. The minimum Gasteiger partial charge on any atom is -0.310 e. The number of amides is 1. The van der Waals surface area contributed by atoms with Crippen LogP contribution in [-0.4, -0.2) is 36.0 Å². The second-order valence-electron chi connectivity index (χ2n) is 8.15. The zero-order valence-corrected chi connectivity index (χ0v) is 18.8. The molecule has 176 valence electrons. The van der Waals surface area contributed by atoms with Crippen LogP contribution < -0.4 is 5.32 Å². The van der Waals surface area contributed by atoms with Gasteiger partial charge in [0.2, 0.25) is 5.91 Å².